The molecule has 0 radical (unpaired) electrons. The number of carbonyl (C=O) groups is 1. The number of carbonyl (C=O) groups excluding carboxylic acids is 1. The molecule has 5 heteroatoms. The average Bonchev–Trinajstić information content (AvgIpc) is 2.73. The summed E-state index contributed by atoms with van der Waals surface area (Å²) in [6, 6.07) is 20.5. The Morgan fingerprint density at radius 3 is 2.54 bits per heavy atom. The predicted molar refractivity (Wildman–Crippen MR) is 110 cm³/mol. The van der Waals surface area contributed by atoms with Gasteiger partial charge in [0.15, 0.2) is 0 Å². The molecular formula is C23H20N2O3. The van der Waals surface area contributed by atoms with Gasteiger partial charge in [0.2, 0.25) is 0 Å². The van der Waals surface area contributed by atoms with E-state index in [-0.39, 0.29) is 5.57 Å². The molecule has 0 atom stereocenters. The quantitative estimate of drug-likeness (QED) is 0.499. The van der Waals surface area contributed by atoms with Crippen molar-refractivity contribution in [2.45, 2.75) is 6.92 Å². The van der Waals surface area contributed by atoms with Gasteiger partial charge in [0.25, 0.3) is 5.91 Å². The van der Waals surface area contributed by atoms with Crippen LogP contribution in [-0.2, 0) is 4.79 Å². The molecule has 0 spiro atoms. The third kappa shape index (κ3) is 4.13. The van der Waals surface area contributed by atoms with Crippen LogP contribution in [0.1, 0.15) is 12.5 Å². The Kier molecular flexibility index (Phi) is 5.93. The fourth-order valence-corrected chi connectivity index (χ4v) is 2.90. The number of benzene rings is 3. The maximum Gasteiger partial charge on any atom is 0.266 e. The number of hydrogen-bond donors (Lipinski definition) is 1. The number of fused-ring (bicyclic) bond motifs is 1. The Morgan fingerprint density at radius 2 is 1.86 bits per heavy atom. The molecule has 0 heterocycles. The summed E-state index contributed by atoms with van der Waals surface area (Å²) in [5.41, 5.74) is 1.27. The van der Waals surface area contributed by atoms with Crippen LogP contribution in [0.25, 0.3) is 16.8 Å². The smallest absolute Gasteiger partial charge is 0.266 e. The third-order valence-corrected chi connectivity index (χ3v) is 4.23. The highest BCUT2D eigenvalue weighted by atomic mass is 16.5. The summed E-state index contributed by atoms with van der Waals surface area (Å²) in [5.74, 6) is 0.832. The van der Waals surface area contributed by atoms with Crippen molar-refractivity contribution in [3.8, 4) is 17.6 Å². The normalized spacial score (nSPS) is 11.0. The zero-order valence-corrected chi connectivity index (χ0v) is 15.7. The van der Waals surface area contributed by atoms with Crippen molar-refractivity contribution in [2.24, 2.45) is 0 Å². The largest absolute Gasteiger partial charge is 0.496 e. The third-order valence-electron chi connectivity index (χ3n) is 4.23. The monoisotopic (exact) mass is 372 g/mol. The summed E-state index contributed by atoms with van der Waals surface area (Å²) in [6.07, 6.45) is 1.56. The summed E-state index contributed by atoms with van der Waals surface area (Å²) in [5, 5.41) is 14.2. The van der Waals surface area contributed by atoms with Gasteiger partial charge in [-0.3, -0.25) is 4.79 Å². The number of methoxy groups -OCH3 is 1. The summed E-state index contributed by atoms with van der Waals surface area (Å²) < 4.78 is 10.8. The first-order chi connectivity index (χ1) is 13.7. The number of nitrogens with one attached hydrogen (secondary N) is 1. The molecule has 0 saturated carbocycles. The second-order valence-electron chi connectivity index (χ2n) is 5.98. The van der Waals surface area contributed by atoms with Gasteiger partial charge in [-0.25, -0.2) is 0 Å². The molecular weight excluding hydrogens is 352 g/mol. The van der Waals surface area contributed by atoms with Crippen LogP contribution in [0, 0.1) is 11.3 Å². The fraction of sp³-hybridized carbons (Fsp3) is 0.130. The van der Waals surface area contributed by atoms with Crippen molar-refractivity contribution in [3.05, 3.63) is 71.8 Å². The summed E-state index contributed by atoms with van der Waals surface area (Å²) in [6.45, 7) is 2.47. The molecule has 0 unspecified atom stereocenters. The number of nitrogens with zero attached hydrogens (tertiary/aromatic N) is 1. The molecule has 0 aliphatic rings. The predicted octanol–water partition coefficient (Wildman–Crippen LogP) is 4.79. The Balaban J connectivity index is 1.93. The Hall–Kier alpha value is -3.78. The van der Waals surface area contributed by atoms with Crippen molar-refractivity contribution >= 4 is 28.4 Å². The van der Waals surface area contributed by atoms with E-state index >= 15 is 0 Å². The van der Waals surface area contributed by atoms with Crippen LogP contribution < -0.4 is 14.8 Å². The first-order valence-corrected chi connectivity index (χ1v) is 8.88. The minimum absolute atomic E-state index is 0.0106. The van der Waals surface area contributed by atoms with Crippen molar-refractivity contribution in [1.29, 1.82) is 5.26 Å². The van der Waals surface area contributed by atoms with E-state index in [1.165, 1.54) is 0 Å². The van der Waals surface area contributed by atoms with Gasteiger partial charge in [-0.05, 0) is 54.1 Å². The van der Waals surface area contributed by atoms with Crippen LogP contribution in [0.5, 0.6) is 11.5 Å². The van der Waals surface area contributed by atoms with Crippen molar-refractivity contribution in [1.82, 2.24) is 0 Å². The molecule has 0 fully saturated rings. The minimum atomic E-state index is -0.485. The SMILES string of the molecule is CCOc1ccc(NC(=O)/C(C#N)=C/c2c(OC)ccc3ccccc23)cc1. The highest BCUT2D eigenvalue weighted by Crippen LogP contribution is 2.30. The topological polar surface area (TPSA) is 71.3 Å². The number of rotatable bonds is 6. The Bertz CT molecular complexity index is 1060. The highest BCUT2D eigenvalue weighted by molar-refractivity contribution is 6.11. The molecule has 0 aliphatic heterocycles. The summed E-state index contributed by atoms with van der Waals surface area (Å²) in [4.78, 5) is 12.6. The molecule has 0 saturated heterocycles. The van der Waals surface area contributed by atoms with Gasteiger partial charge in [0, 0.05) is 11.3 Å². The molecule has 1 amide bonds. The second kappa shape index (κ2) is 8.74. The maximum atomic E-state index is 12.6. The van der Waals surface area contributed by atoms with E-state index in [9.17, 15) is 10.1 Å². The molecule has 0 aromatic heterocycles. The number of hydrogen-bond acceptors (Lipinski definition) is 4. The molecule has 140 valence electrons. The first kappa shape index (κ1) is 19.0. The lowest BCUT2D eigenvalue weighted by Gasteiger charge is -2.10. The van der Waals surface area contributed by atoms with E-state index in [2.05, 4.69) is 5.32 Å². The molecule has 0 aliphatic carbocycles. The van der Waals surface area contributed by atoms with E-state index in [0.717, 1.165) is 16.5 Å². The van der Waals surface area contributed by atoms with Gasteiger partial charge in [0.05, 0.1) is 13.7 Å². The maximum absolute atomic E-state index is 12.6. The molecule has 1 N–H and O–H groups in total. The highest BCUT2D eigenvalue weighted by Gasteiger charge is 2.13. The van der Waals surface area contributed by atoms with E-state index < -0.39 is 5.91 Å². The first-order valence-electron chi connectivity index (χ1n) is 8.88. The van der Waals surface area contributed by atoms with Crippen LogP contribution >= 0.6 is 0 Å². The zero-order valence-electron chi connectivity index (χ0n) is 15.7. The van der Waals surface area contributed by atoms with Crippen molar-refractivity contribution in [2.75, 3.05) is 19.0 Å². The van der Waals surface area contributed by atoms with Crippen LogP contribution in [0.2, 0.25) is 0 Å². The van der Waals surface area contributed by atoms with Crippen molar-refractivity contribution in [3.63, 3.8) is 0 Å². The molecule has 5 nitrogen and oxygen atoms in total. The molecule has 3 aromatic rings. The molecule has 0 bridgehead atoms. The lowest BCUT2D eigenvalue weighted by Crippen LogP contribution is -2.13. The number of amides is 1. The minimum Gasteiger partial charge on any atom is -0.496 e. The number of ether oxygens (including phenoxy) is 2. The van der Waals surface area contributed by atoms with E-state index in [4.69, 9.17) is 9.47 Å². The summed E-state index contributed by atoms with van der Waals surface area (Å²) >= 11 is 0. The van der Waals surface area contributed by atoms with Crippen LogP contribution in [0.15, 0.2) is 66.2 Å². The van der Waals surface area contributed by atoms with Gasteiger partial charge < -0.3 is 14.8 Å². The van der Waals surface area contributed by atoms with Gasteiger partial charge in [0.1, 0.15) is 23.1 Å². The molecule has 3 aromatic carbocycles. The van der Waals surface area contributed by atoms with E-state index in [1.54, 1.807) is 37.5 Å². The number of nitriles is 1. The standard InChI is InChI=1S/C23H20N2O3/c1-3-28-19-11-9-18(10-12-19)25-23(26)17(15-24)14-21-20-7-5-4-6-16(20)8-13-22(21)27-2/h4-14H,3H2,1-2H3,(H,25,26)/b17-14+. The molecule has 28 heavy (non-hydrogen) atoms. The van der Waals surface area contributed by atoms with Crippen LogP contribution in [0.3, 0.4) is 0 Å². The second-order valence-corrected chi connectivity index (χ2v) is 5.98. The van der Waals surface area contributed by atoms with Crippen molar-refractivity contribution < 1.29 is 14.3 Å². The van der Waals surface area contributed by atoms with Gasteiger partial charge in [-0.15, -0.1) is 0 Å². The lowest BCUT2D eigenvalue weighted by molar-refractivity contribution is -0.112. The lowest BCUT2D eigenvalue weighted by atomic mass is 10.0. The average molecular weight is 372 g/mol. The fourth-order valence-electron chi connectivity index (χ4n) is 2.90. The summed E-state index contributed by atoms with van der Waals surface area (Å²) in [7, 11) is 1.56. The molecule has 3 rings (SSSR count). The van der Waals surface area contributed by atoms with Crippen LogP contribution in [-0.4, -0.2) is 19.6 Å². The van der Waals surface area contributed by atoms with E-state index in [1.807, 2.05) is 49.4 Å². The van der Waals surface area contributed by atoms with E-state index in [0.29, 0.717) is 23.6 Å². The van der Waals surface area contributed by atoms with Gasteiger partial charge in [-0.2, -0.15) is 5.26 Å². The van der Waals surface area contributed by atoms with Crippen LogP contribution in [0.4, 0.5) is 5.69 Å². The zero-order chi connectivity index (χ0) is 19.9. The Morgan fingerprint density at radius 1 is 1.11 bits per heavy atom. The van der Waals surface area contributed by atoms with Gasteiger partial charge >= 0.3 is 0 Å². The van der Waals surface area contributed by atoms with Gasteiger partial charge in [-0.1, -0.05) is 30.3 Å². The number of anilines is 1. The Labute approximate surface area is 163 Å².